The summed E-state index contributed by atoms with van der Waals surface area (Å²) in [6.07, 6.45) is 0. The van der Waals surface area contributed by atoms with E-state index in [0.29, 0.717) is 5.69 Å². The lowest BCUT2D eigenvalue weighted by Crippen LogP contribution is -2.22. The molecule has 0 atom stereocenters. The number of esters is 1. The number of hydrogen-bond acceptors (Lipinski definition) is 6. The van der Waals surface area contributed by atoms with Gasteiger partial charge in [0.1, 0.15) is 5.40 Å². The second-order valence-corrected chi connectivity index (χ2v) is 6.46. The van der Waals surface area contributed by atoms with Crippen LogP contribution in [0.15, 0.2) is 35.2 Å². The van der Waals surface area contributed by atoms with Crippen molar-refractivity contribution in [1.82, 2.24) is 0 Å². The summed E-state index contributed by atoms with van der Waals surface area (Å²) < 4.78 is 23.3. The highest BCUT2D eigenvalue weighted by Gasteiger charge is 2.15. The molecule has 8 heteroatoms. The third-order valence-corrected chi connectivity index (χ3v) is 4.22. The van der Waals surface area contributed by atoms with Crippen molar-refractivity contribution in [3.8, 4) is 11.2 Å². The van der Waals surface area contributed by atoms with Crippen LogP contribution >= 0.6 is 11.8 Å². The lowest BCUT2D eigenvalue weighted by Gasteiger charge is -2.13. The summed E-state index contributed by atoms with van der Waals surface area (Å²) in [6.45, 7) is 3.09. The van der Waals surface area contributed by atoms with Crippen molar-refractivity contribution in [3.05, 3.63) is 52.8 Å². The van der Waals surface area contributed by atoms with E-state index in [1.54, 1.807) is 26.0 Å². The number of thiocyanates is 1. The molecule has 0 aromatic heterocycles. The van der Waals surface area contributed by atoms with Crippen LogP contribution in [0.3, 0.4) is 0 Å². The number of carbonyl (C=O) groups is 2. The molecule has 0 aliphatic heterocycles. The molecule has 2 aromatic rings. The number of carbonyl (C=O) groups excluding carboxylic acids is 2. The molecule has 0 fully saturated rings. The van der Waals surface area contributed by atoms with Crippen LogP contribution < -0.4 is 10.1 Å². The van der Waals surface area contributed by atoms with Gasteiger partial charge in [0.25, 0.3) is 5.91 Å². The Balaban J connectivity index is 1.99. The summed E-state index contributed by atoms with van der Waals surface area (Å²) in [4.78, 5) is 24.8. The van der Waals surface area contributed by atoms with E-state index in [2.05, 4.69) is 5.32 Å². The van der Waals surface area contributed by atoms with Gasteiger partial charge in [-0.25, -0.2) is 9.18 Å². The number of thioether (sulfide) groups is 1. The van der Waals surface area contributed by atoms with E-state index in [0.717, 1.165) is 33.9 Å². The van der Waals surface area contributed by atoms with E-state index in [4.69, 9.17) is 14.7 Å². The Hall–Kier alpha value is -3.05. The molecule has 2 aromatic carbocycles. The first-order chi connectivity index (χ1) is 12.8. The van der Waals surface area contributed by atoms with Crippen LogP contribution in [0.2, 0.25) is 0 Å². The minimum atomic E-state index is -0.819. The Morgan fingerprint density at radius 2 is 1.89 bits per heavy atom. The fourth-order valence-electron chi connectivity index (χ4n) is 2.42. The van der Waals surface area contributed by atoms with Crippen LogP contribution in [-0.2, 0) is 9.53 Å². The Kier molecular flexibility index (Phi) is 6.79. The fraction of sp³-hybridized carbons (Fsp3) is 0.211. The molecule has 27 heavy (non-hydrogen) atoms. The maximum atomic E-state index is 13.6. The number of methoxy groups -OCH3 is 1. The second-order valence-electron chi connectivity index (χ2n) is 5.60. The minimum Gasteiger partial charge on any atom is -0.494 e. The molecule has 0 unspecified atom stereocenters. The molecular weight excluding hydrogens is 371 g/mol. The zero-order chi connectivity index (χ0) is 20.0. The first kappa shape index (κ1) is 20.3. The molecule has 0 aliphatic rings. The normalized spacial score (nSPS) is 10.0. The molecule has 0 heterocycles. The number of halogens is 1. The van der Waals surface area contributed by atoms with Crippen molar-refractivity contribution in [2.75, 3.05) is 19.0 Å². The van der Waals surface area contributed by atoms with E-state index in [1.165, 1.54) is 19.2 Å². The van der Waals surface area contributed by atoms with Gasteiger partial charge in [-0.1, -0.05) is 0 Å². The highest BCUT2D eigenvalue weighted by Crippen LogP contribution is 2.27. The van der Waals surface area contributed by atoms with Crippen LogP contribution in [0.5, 0.6) is 5.75 Å². The largest absolute Gasteiger partial charge is 0.494 e. The average molecular weight is 388 g/mol. The average Bonchev–Trinajstić information content (AvgIpc) is 2.63. The van der Waals surface area contributed by atoms with Gasteiger partial charge in [0.2, 0.25) is 0 Å². The molecule has 0 radical (unpaired) electrons. The monoisotopic (exact) mass is 388 g/mol. The molecule has 2 rings (SSSR count). The lowest BCUT2D eigenvalue weighted by atomic mass is 10.1. The number of aryl methyl sites for hydroxylation is 2. The maximum Gasteiger partial charge on any atom is 0.338 e. The molecule has 0 saturated heterocycles. The van der Waals surface area contributed by atoms with Gasteiger partial charge in [-0.15, -0.1) is 0 Å². The predicted octanol–water partition coefficient (Wildman–Crippen LogP) is 3.82. The zero-order valence-electron chi connectivity index (χ0n) is 15.0. The molecule has 0 bridgehead atoms. The molecular formula is C19H17FN2O4S. The molecule has 6 nitrogen and oxygen atoms in total. The second kappa shape index (κ2) is 9.05. The SMILES string of the molecule is COc1ccc(C(=O)OCC(=O)Nc2c(C)cc(SC#N)cc2C)cc1F. The molecule has 0 saturated carbocycles. The Morgan fingerprint density at radius 1 is 1.22 bits per heavy atom. The standard InChI is InChI=1S/C19H17FN2O4S/c1-11-6-14(27-10-21)7-12(2)18(11)22-17(23)9-26-19(24)13-4-5-16(25-3)15(20)8-13/h4-8H,9H2,1-3H3,(H,22,23). The van der Waals surface area contributed by atoms with Crippen molar-refractivity contribution < 1.29 is 23.5 Å². The number of benzene rings is 2. The summed E-state index contributed by atoms with van der Waals surface area (Å²) in [5, 5.41) is 13.4. The number of nitrogens with zero attached hydrogens (tertiary/aromatic N) is 1. The quantitative estimate of drug-likeness (QED) is 0.460. The van der Waals surface area contributed by atoms with Crippen molar-refractivity contribution in [2.24, 2.45) is 0 Å². The number of nitrogens with one attached hydrogen (secondary N) is 1. The summed E-state index contributed by atoms with van der Waals surface area (Å²) in [5.41, 5.74) is 2.13. The van der Waals surface area contributed by atoms with E-state index in [1.807, 2.05) is 5.40 Å². The summed E-state index contributed by atoms with van der Waals surface area (Å²) in [6, 6.07) is 7.20. The van der Waals surface area contributed by atoms with E-state index < -0.39 is 24.3 Å². The molecule has 140 valence electrons. The Bertz CT molecular complexity index is 901. The van der Waals surface area contributed by atoms with Crippen molar-refractivity contribution in [2.45, 2.75) is 18.7 Å². The topological polar surface area (TPSA) is 88.4 Å². The highest BCUT2D eigenvalue weighted by atomic mass is 32.2. The van der Waals surface area contributed by atoms with Gasteiger partial charge in [0.05, 0.1) is 12.7 Å². The maximum absolute atomic E-state index is 13.6. The van der Waals surface area contributed by atoms with Crippen molar-refractivity contribution in [1.29, 1.82) is 5.26 Å². The number of amides is 1. The van der Waals surface area contributed by atoms with Gasteiger partial charge < -0.3 is 14.8 Å². The first-order valence-corrected chi connectivity index (χ1v) is 8.65. The Morgan fingerprint density at radius 3 is 2.44 bits per heavy atom. The van der Waals surface area contributed by atoms with Crippen LogP contribution in [-0.4, -0.2) is 25.6 Å². The van der Waals surface area contributed by atoms with Crippen LogP contribution in [0, 0.1) is 30.3 Å². The van der Waals surface area contributed by atoms with Gasteiger partial charge >= 0.3 is 5.97 Å². The number of anilines is 1. The van der Waals surface area contributed by atoms with Gasteiger partial charge in [-0.2, -0.15) is 5.26 Å². The van der Waals surface area contributed by atoms with Gasteiger partial charge in [-0.05, 0) is 67.1 Å². The summed E-state index contributed by atoms with van der Waals surface area (Å²) in [7, 11) is 1.32. The van der Waals surface area contributed by atoms with Crippen LogP contribution in [0.4, 0.5) is 10.1 Å². The smallest absolute Gasteiger partial charge is 0.338 e. The first-order valence-electron chi connectivity index (χ1n) is 7.83. The van der Waals surface area contributed by atoms with E-state index in [9.17, 15) is 14.0 Å². The fourth-order valence-corrected chi connectivity index (χ4v) is 2.99. The number of hydrogen-bond donors (Lipinski definition) is 1. The van der Waals surface area contributed by atoms with E-state index >= 15 is 0 Å². The van der Waals surface area contributed by atoms with Gasteiger partial charge in [0.15, 0.2) is 18.2 Å². The lowest BCUT2D eigenvalue weighted by molar-refractivity contribution is -0.119. The third-order valence-electron chi connectivity index (χ3n) is 3.66. The van der Waals surface area contributed by atoms with Crippen molar-refractivity contribution in [3.63, 3.8) is 0 Å². The predicted molar refractivity (Wildman–Crippen MR) is 99.3 cm³/mol. The van der Waals surface area contributed by atoms with Crippen molar-refractivity contribution >= 4 is 29.3 Å². The van der Waals surface area contributed by atoms with Gasteiger partial charge in [0, 0.05) is 10.6 Å². The molecule has 1 amide bonds. The zero-order valence-corrected chi connectivity index (χ0v) is 15.8. The summed E-state index contributed by atoms with van der Waals surface area (Å²) >= 11 is 1.03. The Labute approximate surface area is 160 Å². The number of ether oxygens (including phenoxy) is 2. The van der Waals surface area contributed by atoms with Gasteiger partial charge in [-0.3, -0.25) is 4.79 Å². The number of rotatable bonds is 6. The molecule has 0 spiro atoms. The number of nitriles is 1. The molecule has 0 aliphatic carbocycles. The third kappa shape index (κ3) is 5.21. The summed E-state index contributed by atoms with van der Waals surface area (Å²) in [5.74, 6) is -2.03. The van der Waals surface area contributed by atoms with Crippen LogP contribution in [0.1, 0.15) is 21.5 Å². The minimum absolute atomic E-state index is 0.00764. The van der Waals surface area contributed by atoms with Crippen LogP contribution in [0.25, 0.3) is 0 Å². The van der Waals surface area contributed by atoms with E-state index in [-0.39, 0.29) is 11.3 Å². The highest BCUT2D eigenvalue weighted by molar-refractivity contribution is 8.03. The molecule has 1 N–H and O–H groups in total.